The molecule has 7 heteroatoms. The fraction of sp³-hybridized carbons (Fsp3) is 0.684. The molecule has 5 nitrogen and oxygen atoms in total. The van der Waals surface area contributed by atoms with Gasteiger partial charge in [-0.3, -0.25) is 0 Å². The second-order valence-corrected chi connectivity index (χ2v) is 8.88. The number of hydrogen-bond donors (Lipinski definition) is 0. The van der Waals surface area contributed by atoms with Gasteiger partial charge in [-0.2, -0.15) is 0 Å². The molecule has 0 bridgehead atoms. The van der Waals surface area contributed by atoms with Crippen molar-refractivity contribution in [2.75, 3.05) is 19.5 Å². The number of fused-ring (bicyclic) bond motifs is 1. The molecule has 2 saturated heterocycles. The quantitative estimate of drug-likeness (QED) is 0.774. The van der Waals surface area contributed by atoms with Crippen LogP contribution >= 0.6 is 0 Å². The van der Waals surface area contributed by atoms with Crippen LogP contribution in [-0.4, -0.2) is 55.5 Å². The number of hydrogen-bond acceptors (Lipinski definition) is 5. The summed E-state index contributed by atoms with van der Waals surface area (Å²) in [7, 11) is 0.648. The molecule has 0 unspecified atom stereocenters. The molecule has 0 radical (unpaired) electrons. The van der Waals surface area contributed by atoms with Crippen molar-refractivity contribution >= 4 is 19.7 Å². The molecule has 2 fully saturated rings. The van der Waals surface area contributed by atoms with Gasteiger partial charge < -0.3 is 0 Å². The second kappa shape index (κ2) is 6.18. The van der Waals surface area contributed by atoms with Crippen LogP contribution in [0.25, 0.3) is 0 Å². The summed E-state index contributed by atoms with van der Waals surface area (Å²) < 4.78 is 29.5. The van der Waals surface area contributed by atoms with Crippen LogP contribution in [0.2, 0.25) is 0 Å². The summed E-state index contributed by atoms with van der Waals surface area (Å²) in [6.07, 6.45) is 3.36. The summed E-state index contributed by atoms with van der Waals surface area (Å²) in [6.45, 7) is 10.1. The molecule has 138 valence electrons. The van der Waals surface area contributed by atoms with Gasteiger partial charge in [0.1, 0.15) is 0 Å². The number of rotatable bonds is 3. The standard InChI is InChI=1S/C19H27B2NO4/c1-17(2)18(3,4)26-21(25-17)15-5-6-16-14(11-15)12-19(24-16)7-9-22(10-8-19)13-20-23/h5-6,11H,7-10,12-13H2,1-4H3. The average Bonchev–Trinajstić information content (AvgIpc) is 3.03. The van der Waals surface area contributed by atoms with Crippen molar-refractivity contribution in [1.29, 1.82) is 0 Å². The minimum atomic E-state index is -0.337. The number of ether oxygens (including phenoxy) is 1. The van der Waals surface area contributed by atoms with E-state index in [1.54, 1.807) is 0 Å². The fourth-order valence-electron chi connectivity index (χ4n) is 4.11. The zero-order valence-electron chi connectivity index (χ0n) is 16.2. The van der Waals surface area contributed by atoms with E-state index in [9.17, 15) is 4.70 Å². The number of benzene rings is 1. The van der Waals surface area contributed by atoms with E-state index in [0.29, 0.717) is 6.44 Å². The SMILES string of the molecule is CC1(C)OB(c2ccc3c(c2)CC2(CCN(CB=O)CC2)O3)OC1(C)C. The first-order valence-electron chi connectivity index (χ1n) is 9.57. The van der Waals surface area contributed by atoms with Crippen LogP contribution in [0.3, 0.4) is 0 Å². The van der Waals surface area contributed by atoms with Gasteiger partial charge in [-0.15, -0.1) is 0 Å². The predicted octanol–water partition coefficient (Wildman–Crippen LogP) is 1.76. The van der Waals surface area contributed by atoms with E-state index in [-0.39, 0.29) is 23.9 Å². The van der Waals surface area contributed by atoms with Gasteiger partial charge in [0.2, 0.25) is 0 Å². The van der Waals surface area contributed by atoms with Crippen LogP contribution in [0.5, 0.6) is 5.75 Å². The third kappa shape index (κ3) is 3.04. The Hall–Kier alpha value is -1.17. The van der Waals surface area contributed by atoms with Crippen molar-refractivity contribution in [3.63, 3.8) is 0 Å². The molecule has 3 aliphatic rings. The topological polar surface area (TPSA) is 48.0 Å². The molecule has 0 amide bonds. The van der Waals surface area contributed by atoms with Crippen molar-refractivity contribution in [1.82, 2.24) is 4.90 Å². The van der Waals surface area contributed by atoms with Gasteiger partial charge in [0.05, 0.1) is 0 Å². The Balaban J connectivity index is 1.49. The smallest absolute Gasteiger partial charge is 0.0348 e. The van der Waals surface area contributed by atoms with Crippen molar-refractivity contribution in [3.8, 4) is 5.75 Å². The Morgan fingerprint density at radius 1 is 1.12 bits per heavy atom. The zero-order chi connectivity index (χ0) is 18.6. The summed E-state index contributed by atoms with van der Waals surface area (Å²) in [5.41, 5.74) is 1.51. The van der Waals surface area contributed by atoms with E-state index in [0.717, 1.165) is 50.7 Å². The molecule has 3 aliphatic heterocycles. The van der Waals surface area contributed by atoms with Crippen LogP contribution in [-0.2, 0) is 20.4 Å². The summed E-state index contributed by atoms with van der Waals surface area (Å²) in [4.78, 5) is 2.19. The summed E-state index contributed by atoms with van der Waals surface area (Å²) >= 11 is 0. The molecule has 26 heavy (non-hydrogen) atoms. The van der Waals surface area contributed by atoms with Crippen molar-refractivity contribution < 1.29 is 18.8 Å². The van der Waals surface area contributed by atoms with Gasteiger partial charge in [0.25, 0.3) is 0 Å². The summed E-state index contributed by atoms with van der Waals surface area (Å²) in [5, 5.41) is 0. The first-order chi connectivity index (χ1) is 12.2. The Labute approximate surface area is 156 Å². The molecule has 0 N–H and O–H groups in total. The minimum absolute atomic E-state index is 0.115. The van der Waals surface area contributed by atoms with Gasteiger partial charge in [-0.05, 0) is 27.7 Å². The Morgan fingerprint density at radius 2 is 1.77 bits per heavy atom. The molecular weight excluding hydrogens is 328 g/mol. The second-order valence-electron chi connectivity index (χ2n) is 8.88. The zero-order valence-corrected chi connectivity index (χ0v) is 16.2. The fourth-order valence-corrected chi connectivity index (χ4v) is 4.11. The normalized spacial score (nSPS) is 25.8. The molecule has 0 atom stereocenters. The molecule has 4 rings (SSSR count). The number of likely N-dealkylation sites (tertiary alicyclic amines) is 1. The summed E-state index contributed by atoms with van der Waals surface area (Å²) in [6, 6.07) is 6.30. The number of piperidine rings is 1. The van der Waals surface area contributed by atoms with E-state index in [1.165, 1.54) is 5.56 Å². The van der Waals surface area contributed by atoms with Crippen LogP contribution in [0, 0.1) is 0 Å². The Kier molecular flexibility index (Phi) is 4.33. The number of nitrogens with zero attached hydrogens (tertiary/aromatic N) is 1. The Bertz CT molecular complexity index is 697. The van der Waals surface area contributed by atoms with E-state index >= 15 is 0 Å². The van der Waals surface area contributed by atoms with Crippen LogP contribution in [0.4, 0.5) is 0 Å². The molecule has 3 heterocycles. The van der Waals surface area contributed by atoms with E-state index in [4.69, 9.17) is 14.0 Å². The van der Waals surface area contributed by atoms with Gasteiger partial charge in [0, 0.05) is 0 Å². The molecule has 0 saturated carbocycles. The van der Waals surface area contributed by atoms with E-state index in [1.807, 2.05) is 0 Å². The molecular formula is C19H27B2NO4. The summed E-state index contributed by atoms with van der Waals surface area (Å²) in [5.74, 6) is 0.981. The third-order valence-electron chi connectivity index (χ3n) is 6.55. The van der Waals surface area contributed by atoms with Crippen molar-refractivity contribution in [2.24, 2.45) is 0 Å². The maximum absolute atomic E-state index is 10.7. The van der Waals surface area contributed by atoms with Crippen molar-refractivity contribution in [2.45, 2.75) is 63.8 Å². The van der Waals surface area contributed by atoms with Gasteiger partial charge in [0.15, 0.2) is 0 Å². The first kappa shape index (κ1) is 18.2. The van der Waals surface area contributed by atoms with Crippen LogP contribution in [0.15, 0.2) is 18.2 Å². The molecule has 1 spiro atoms. The third-order valence-corrected chi connectivity index (χ3v) is 6.55. The predicted molar refractivity (Wildman–Crippen MR) is 101 cm³/mol. The van der Waals surface area contributed by atoms with Crippen LogP contribution in [0.1, 0.15) is 46.1 Å². The molecule has 1 aromatic carbocycles. The average molecular weight is 355 g/mol. The minimum Gasteiger partial charge on any atom is -0.0348 e. The molecule has 0 aliphatic carbocycles. The van der Waals surface area contributed by atoms with E-state index < -0.39 is 0 Å². The van der Waals surface area contributed by atoms with Crippen molar-refractivity contribution in [3.05, 3.63) is 23.8 Å². The van der Waals surface area contributed by atoms with Crippen LogP contribution < -0.4 is 10.2 Å². The van der Waals surface area contributed by atoms with E-state index in [2.05, 4.69) is 50.8 Å². The molecule has 1 aromatic rings. The Morgan fingerprint density at radius 3 is 2.38 bits per heavy atom. The molecule has 0 aromatic heterocycles. The first-order valence-corrected chi connectivity index (χ1v) is 9.57. The maximum atomic E-state index is 10.7. The van der Waals surface area contributed by atoms with Gasteiger partial charge in [-0.1, -0.05) is 0 Å². The van der Waals surface area contributed by atoms with Gasteiger partial charge in [-0.25, -0.2) is 0 Å². The monoisotopic (exact) mass is 355 g/mol. The van der Waals surface area contributed by atoms with Gasteiger partial charge >= 0.3 is 128 Å².